The lowest BCUT2D eigenvalue weighted by Crippen LogP contribution is -2.01. The average molecular weight is 418 g/mol. The number of hydrogen-bond acceptors (Lipinski definition) is 5. The fourth-order valence-corrected chi connectivity index (χ4v) is 4.33. The van der Waals surface area contributed by atoms with Crippen LogP contribution in [0.3, 0.4) is 0 Å². The summed E-state index contributed by atoms with van der Waals surface area (Å²) < 4.78 is 0. The van der Waals surface area contributed by atoms with Crippen LogP contribution in [0, 0.1) is 0 Å². The van der Waals surface area contributed by atoms with E-state index in [1.807, 2.05) is 83.6 Å². The molecule has 3 nitrogen and oxygen atoms in total. The lowest BCUT2D eigenvalue weighted by Gasteiger charge is -2.08. The van der Waals surface area contributed by atoms with Crippen molar-refractivity contribution in [2.45, 2.75) is 12.8 Å². The highest BCUT2D eigenvalue weighted by Gasteiger charge is 2.09. The molecule has 4 rings (SSSR count). The van der Waals surface area contributed by atoms with Crippen molar-refractivity contribution in [3.05, 3.63) is 104 Å². The maximum Gasteiger partial charge on any atom is 0.177 e. The van der Waals surface area contributed by atoms with Gasteiger partial charge in [0.2, 0.25) is 0 Å². The Morgan fingerprint density at radius 1 is 0.621 bits per heavy atom. The van der Waals surface area contributed by atoms with Gasteiger partial charge in [-0.2, -0.15) is 0 Å². The zero-order chi connectivity index (χ0) is 20.1. The molecule has 0 saturated carbocycles. The molecule has 2 heterocycles. The van der Waals surface area contributed by atoms with E-state index in [4.69, 9.17) is 0 Å². The molecule has 0 aliphatic carbocycles. The second-order valence-electron chi connectivity index (χ2n) is 6.67. The number of carbonyl (C=O) groups excluding carboxylic acids is 2. The van der Waals surface area contributed by atoms with Gasteiger partial charge in [-0.3, -0.25) is 9.59 Å². The van der Waals surface area contributed by atoms with E-state index in [0.29, 0.717) is 12.8 Å². The number of ketones is 2. The maximum absolute atomic E-state index is 12.2. The van der Waals surface area contributed by atoms with E-state index in [0.717, 1.165) is 32.3 Å². The first-order chi connectivity index (χ1) is 14.2. The standard InChI is InChI=1S/C24H19NO2S2/c26-21(23-3-1-13-28-23)15-17-5-9-19(10-6-17)25-20-11-7-18(8-12-20)16-22(27)24-4-2-14-29-24/h1-14,25H,15-16H2. The summed E-state index contributed by atoms with van der Waals surface area (Å²) in [6.45, 7) is 0. The summed E-state index contributed by atoms with van der Waals surface area (Å²) in [6, 6.07) is 23.3. The van der Waals surface area contributed by atoms with Crippen LogP contribution in [0.15, 0.2) is 83.6 Å². The van der Waals surface area contributed by atoms with Crippen LogP contribution in [-0.2, 0) is 12.8 Å². The minimum Gasteiger partial charge on any atom is -0.356 e. The van der Waals surface area contributed by atoms with E-state index in [1.54, 1.807) is 0 Å². The highest BCUT2D eigenvalue weighted by molar-refractivity contribution is 7.12. The molecule has 0 radical (unpaired) electrons. The van der Waals surface area contributed by atoms with Crippen molar-refractivity contribution in [2.24, 2.45) is 0 Å². The largest absolute Gasteiger partial charge is 0.356 e. The van der Waals surface area contributed by atoms with Gasteiger partial charge in [0.05, 0.1) is 9.75 Å². The van der Waals surface area contributed by atoms with Gasteiger partial charge in [-0.25, -0.2) is 0 Å². The Balaban J connectivity index is 1.34. The van der Waals surface area contributed by atoms with Gasteiger partial charge in [-0.1, -0.05) is 36.4 Å². The molecule has 0 aliphatic rings. The van der Waals surface area contributed by atoms with Gasteiger partial charge in [-0.05, 0) is 58.3 Å². The van der Waals surface area contributed by atoms with Crippen molar-refractivity contribution >= 4 is 45.6 Å². The van der Waals surface area contributed by atoms with Gasteiger partial charge in [0.25, 0.3) is 0 Å². The fourth-order valence-electron chi connectivity index (χ4n) is 3.00. The van der Waals surface area contributed by atoms with E-state index >= 15 is 0 Å². The molecule has 0 unspecified atom stereocenters. The molecule has 0 amide bonds. The van der Waals surface area contributed by atoms with Crippen molar-refractivity contribution in [1.29, 1.82) is 0 Å². The van der Waals surface area contributed by atoms with Crippen LogP contribution >= 0.6 is 22.7 Å². The first-order valence-corrected chi connectivity index (χ1v) is 11.0. The monoisotopic (exact) mass is 417 g/mol. The predicted molar refractivity (Wildman–Crippen MR) is 121 cm³/mol. The van der Waals surface area contributed by atoms with Crippen LogP contribution in [0.25, 0.3) is 0 Å². The third kappa shape index (κ3) is 5.08. The van der Waals surface area contributed by atoms with Crippen LogP contribution in [-0.4, -0.2) is 11.6 Å². The quantitative estimate of drug-likeness (QED) is 0.337. The summed E-state index contributed by atoms with van der Waals surface area (Å²) >= 11 is 2.95. The van der Waals surface area contributed by atoms with Gasteiger partial charge < -0.3 is 5.32 Å². The maximum atomic E-state index is 12.2. The molecule has 0 spiro atoms. The topological polar surface area (TPSA) is 46.2 Å². The van der Waals surface area contributed by atoms with E-state index in [-0.39, 0.29) is 11.6 Å². The lowest BCUT2D eigenvalue weighted by atomic mass is 10.1. The van der Waals surface area contributed by atoms with Gasteiger partial charge in [-0.15, -0.1) is 22.7 Å². The molecule has 4 aromatic rings. The summed E-state index contributed by atoms with van der Waals surface area (Å²) in [4.78, 5) is 26.0. The Bertz CT molecular complexity index is 991. The van der Waals surface area contributed by atoms with E-state index in [1.165, 1.54) is 22.7 Å². The molecule has 0 saturated heterocycles. The molecule has 1 N–H and O–H groups in total. The minimum atomic E-state index is 0.147. The number of nitrogens with one attached hydrogen (secondary N) is 1. The Hall–Kier alpha value is -3.02. The number of anilines is 2. The zero-order valence-corrected chi connectivity index (χ0v) is 17.3. The molecule has 2 aromatic carbocycles. The van der Waals surface area contributed by atoms with Crippen LogP contribution in [0.4, 0.5) is 11.4 Å². The molecular weight excluding hydrogens is 398 g/mol. The highest BCUT2D eigenvalue weighted by Crippen LogP contribution is 2.20. The molecule has 0 aliphatic heterocycles. The van der Waals surface area contributed by atoms with Gasteiger partial charge >= 0.3 is 0 Å². The Morgan fingerprint density at radius 2 is 1.03 bits per heavy atom. The first-order valence-electron chi connectivity index (χ1n) is 9.26. The second kappa shape index (κ2) is 8.99. The summed E-state index contributed by atoms with van der Waals surface area (Å²) in [7, 11) is 0. The number of Topliss-reactive ketones (excluding diaryl/α,β-unsaturated/α-hetero) is 2. The number of carbonyl (C=O) groups is 2. The van der Waals surface area contributed by atoms with Gasteiger partial charge in [0.15, 0.2) is 11.6 Å². The summed E-state index contributed by atoms with van der Waals surface area (Å²) in [5.74, 6) is 0.293. The van der Waals surface area contributed by atoms with E-state index in [9.17, 15) is 9.59 Å². The predicted octanol–water partition coefficient (Wildman–Crippen LogP) is 6.40. The van der Waals surface area contributed by atoms with E-state index in [2.05, 4.69) is 5.32 Å². The minimum absolute atomic E-state index is 0.147. The van der Waals surface area contributed by atoms with Gasteiger partial charge in [0.1, 0.15) is 0 Å². The SMILES string of the molecule is O=C(Cc1ccc(Nc2ccc(CC(=O)c3cccs3)cc2)cc1)c1cccs1. The van der Waals surface area contributed by atoms with Crippen molar-refractivity contribution in [3.8, 4) is 0 Å². The van der Waals surface area contributed by atoms with Crippen molar-refractivity contribution in [1.82, 2.24) is 0 Å². The molecule has 2 aromatic heterocycles. The number of thiophene rings is 2. The summed E-state index contributed by atoms with van der Waals surface area (Å²) in [5, 5.41) is 7.19. The van der Waals surface area contributed by atoms with Gasteiger partial charge in [0, 0.05) is 24.2 Å². The first kappa shape index (κ1) is 19.3. The number of benzene rings is 2. The fraction of sp³-hybridized carbons (Fsp3) is 0.0833. The van der Waals surface area contributed by atoms with Crippen LogP contribution < -0.4 is 5.32 Å². The van der Waals surface area contributed by atoms with Crippen LogP contribution in [0.2, 0.25) is 0 Å². The zero-order valence-electron chi connectivity index (χ0n) is 15.6. The molecule has 144 valence electrons. The lowest BCUT2D eigenvalue weighted by molar-refractivity contribution is 0.0988. The molecule has 0 bridgehead atoms. The molecule has 5 heteroatoms. The van der Waals surface area contributed by atoms with Crippen LogP contribution in [0.1, 0.15) is 30.5 Å². The third-order valence-corrected chi connectivity index (χ3v) is 6.34. The van der Waals surface area contributed by atoms with E-state index < -0.39 is 0 Å². The smallest absolute Gasteiger partial charge is 0.177 e. The normalized spacial score (nSPS) is 10.6. The summed E-state index contributed by atoms with van der Waals surface area (Å²) in [5.41, 5.74) is 3.91. The van der Waals surface area contributed by atoms with Crippen molar-refractivity contribution < 1.29 is 9.59 Å². The third-order valence-electron chi connectivity index (χ3n) is 4.52. The Kier molecular flexibility index (Phi) is 5.98. The number of rotatable bonds is 8. The molecule has 0 atom stereocenters. The molecule has 0 fully saturated rings. The average Bonchev–Trinajstić information content (AvgIpc) is 3.45. The Labute approximate surface area is 177 Å². The molecular formula is C24H19NO2S2. The van der Waals surface area contributed by atoms with Crippen molar-refractivity contribution in [3.63, 3.8) is 0 Å². The number of hydrogen-bond donors (Lipinski definition) is 1. The summed E-state index contributed by atoms with van der Waals surface area (Å²) in [6.07, 6.45) is 0.821. The van der Waals surface area contributed by atoms with Crippen molar-refractivity contribution in [2.75, 3.05) is 5.32 Å². The highest BCUT2D eigenvalue weighted by atomic mass is 32.1. The molecule has 29 heavy (non-hydrogen) atoms. The van der Waals surface area contributed by atoms with Crippen LogP contribution in [0.5, 0.6) is 0 Å². The Morgan fingerprint density at radius 3 is 1.38 bits per heavy atom. The second-order valence-corrected chi connectivity index (χ2v) is 8.57.